The van der Waals surface area contributed by atoms with Gasteiger partial charge in [-0.1, -0.05) is 29.4 Å². The number of carbonyl (C=O) groups excluding carboxylic acids is 2. The fraction of sp³-hybridized carbons (Fsp3) is 0.273. The number of carbonyl (C=O) groups is 2. The second-order valence-corrected chi connectivity index (χ2v) is 7.98. The average molecular weight is 492 g/mol. The van der Waals surface area contributed by atoms with Gasteiger partial charge < -0.3 is 23.9 Å². The van der Waals surface area contributed by atoms with Gasteiger partial charge in [-0.05, 0) is 48.4 Å². The first-order valence-electron chi connectivity index (χ1n) is 9.84. The highest BCUT2D eigenvalue weighted by atomic mass is 35.5. The molecule has 11 heteroatoms. The van der Waals surface area contributed by atoms with E-state index in [-0.39, 0.29) is 17.6 Å². The SMILES string of the molecule is COc1ccc(CCNC(=O)COC(=O)CSc2nnc(-c3ccc(Cl)cc3)o2)cc1OC. The molecule has 0 saturated carbocycles. The Labute approximate surface area is 199 Å². The standard InChI is InChI=1S/C22H22ClN3O6S/c1-29-17-8-3-14(11-18(17)30-2)9-10-24-19(27)12-31-20(28)13-33-22-26-25-21(32-22)15-4-6-16(23)7-5-15/h3-8,11H,9-10,12-13H2,1-2H3,(H,24,27). The molecule has 3 rings (SSSR count). The lowest BCUT2D eigenvalue weighted by Gasteiger charge is -2.10. The molecule has 0 atom stereocenters. The van der Waals surface area contributed by atoms with Gasteiger partial charge in [0.25, 0.3) is 11.1 Å². The van der Waals surface area contributed by atoms with Gasteiger partial charge in [-0.25, -0.2) is 0 Å². The van der Waals surface area contributed by atoms with Gasteiger partial charge in [-0.2, -0.15) is 0 Å². The van der Waals surface area contributed by atoms with Gasteiger partial charge in [0.1, 0.15) is 5.75 Å². The van der Waals surface area contributed by atoms with Crippen LogP contribution >= 0.6 is 23.4 Å². The highest BCUT2D eigenvalue weighted by molar-refractivity contribution is 7.99. The van der Waals surface area contributed by atoms with E-state index >= 15 is 0 Å². The highest BCUT2D eigenvalue weighted by Gasteiger charge is 2.13. The number of nitrogens with zero attached hydrogens (tertiary/aromatic N) is 2. The van der Waals surface area contributed by atoms with Crippen molar-refractivity contribution in [1.29, 1.82) is 0 Å². The van der Waals surface area contributed by atoms with Crippen LogP contribution in [0.25, 0.3) is 11.5 Å². The third-order valence-corrected chi connectivity index (χ3v) is 5.40. The fourth-order valence-electron chi connectivity index (χ4n) is 2.72. The smallest absolute Gasteiger partial charge is 0.316 e. The van der Waals surface area contributed by atoms with Crippen molar-refractivity contribution in [2.45, 2.75) is 11.6 Å². The quantitative estimate of drug-likeness (QED) is 0.318. The zero-order valence-corrected chi connectivity index (χ0v) is 19.6. The van der Waals surface area contributed by atoms with Crippen molar-refractivity contribution in [3.63, 3.8) is 0 Å². The Bertz CT molecular complexity index is 1090. The molecular formula is C22H22ClN3O6S. The zero-order valence-electron chi connectivity index (χ0n) is 18.0. The van der Waals surface area contributed by atoms with Crippen LogP contribution in [-0.4, -0.2) is 55.2 Å². The van der Waals surface area contributed by atoms with Gasteiger partial charge in [0, 0.05) is 17.1 Å². The molecule has 0 bridgehead atoms. The summed E-state index contributed by atoms with van der Waals surface area (Å²) in [6.45, 7) is 0.0151. The van der Waals surface area contributed by atoms with Crippen molar-refractivity contribution in [2.24, 2.45) is 0 Å². The van der Waals surface area contributed by atoms with Gasteiger partial charge in [0.15, 0.2) is 18.1 Å². The van der Waals surface area contributed by atoms with E-state index in [2.05, 4.69) is 15.5 Å². The van der Waals surface area contributed by atoms with Crippen molar-refractivity contribution in [2.75, 3.05) is 33.1 Å². The summed E-state index contributed by atoms with van der Waals surface area (Å²) in [5, 5.41) is 11.3. The lowest BCUT2D eigenvalue weighted by atomic mass is 10.1. The summed E-state index contributed by atoms with van der Waals surface area (Å²) in [5.41, 5.74) is 1.69. The monoisotopic (exact) mass is 491 g/mol. The van der Waals surface area contributed by atoms with Crippen LogP contribution in [0.2, 0.25) is 5.02 Å². The first-order chi connectivity index (χ1) is 16.0. The number of hydrogen-bond acceptors (Lipinski definition) is 9. The van der Waals surface area contributed by atoms with Crippen molar-refractivity contribution in [3.8, 4) is 23.0 Å². The third-order valence-electron chi connectivity index (χ3n) is 4.36. The summed E-state index contributed by atoms with van der Waals surface area (Å²) in [4.78, 5) is 23.8. The van der Waals surface area contributed by atoms with E-state index in [1.807, 2.05) is 12.1 Å². The van der Waals surface area contributed by atoms with Crippen LogP contribution in [0.3, 0.4) is 0 Å². The number of rotatable bonds is 11. The molecule has 1 amide bonds. The minimum atomic E-state index is -0.568. The number of nitrogens with one attached hydrogen (secondary N) is 1. The van der Waals surface area contributed by atoms with Crippen LogP contribution in [0.1, 0.15) is 5.56 Å². The van der Waals surface area contributed by atoms with Crippen LogP contribution in [-0.2, 0) is 20.7 Å². The predicted octanol–water partition coefficient (Wildman–Crippen LogP) is 3.40. The Morgan fingerprint density at radius 2 is 1.82 bits per heavy atom. The van der Waals surface area contributed by atoms with E-state index < -0.39 is 11.9 Å². The molecule has 1 heterocycles. The van der Waals surface area contributed by atoms with E-state index in [1.54, 1.807) is 44.6 Å². The summed E-state index contributed by atoms with van der Waals surface area (Å²) in [6.07, 6.45) is 0.586. The zero-order chi connectivity index (χ0) is 23.6. The topological polar surface area (TPSA) is 113 Å². The summed E-state index contributed by atoms with van der Waals surface area (Å²) < 4.78 is 21.0. The third kappa shape index (κ3) is 7.40. The van der Waals surface area contributed by atoms with Crippen molar-refractivity contribution in [1.82, 2.24) is 15.5 Å². The molecule has 3 aromatic rings. The van der Waals surface area contributed by atoms with E-state index in [0.717, 1.165) is 17.3 Å². The number of ether oxygens (including phenoxy) is 3. The number of thioether (sulfide) groups is 1. The lowest BCUT2D eigenvalue weighted by molar-refractivity contribution is -0.145. The summed E-state index contributed by atoms with van der Waals surface area (Å²) >= 11 is 6.88. The van der Waals surface area contributed by atoms with E-state index in [9.17, 15) is 9.59 Å². The summed E-state index contributed by atoms with van der Waals surface area (Å²) in [7, 11) is 3.13. The summed E-state index contributed by atoms with van der Waals surface area (Å²) in [5.74, 6) is 0.543. The van der Waals surface area contributed by atoms with Gasteiger partial charge in [0.2, 0.25) is 5.89 Å². The Morgan fingerprint density at radius 3 is 2.55 bits per heavy atom. The number of amides is 1. The number of hydrogen-bond donors (Lipinski definition) is 1. The Balaban J connectivity index is 1.35. The molecule has 33 heavy (non-hydrogen) atoms. The maximum Gasteiger partial charge on any atom is 0.316 e. The van der Waals surface area contributed by atoms with Crippen molar-refractivity contribution in [3.05, 3.63) is 53.1 Å². The fourth-order valence-corrected chi connectivity index (χ4v) is 3.41. The molecule has 0 fully saturated rings. The summed E-state index contributed by atoms with van der Waals surface area (Å²) in [6, 6.07) is 12.5. The van der Waals surface area contributed by atoms with Crippen LogP contribution in [0.5, 0.6) is 11.5 Å². The molecule has 0 saturated heterocycles. The van der Waals surface area contributed by atoms with Crippen LogP contribution in [0.15, 0.2) is 52.1 Å². The van der Waals surface area contributed by atoms with Crippen molar-refractivity contribution < 1.29 is 28.2 Å². The van der Waals surface area contributed by atoms with Crippen LogP contribution < -0.4 is 14.8 Å². The minimum Gasteiger partial charge on any atom is -0.493 e. The molecule has 1 aromatic heterocycles. The Morgan fingerprint density at radius 1 is 1.06 bits per heavy atom. The lowest BCUT2D eigenvalue weighted by Crippen LogP contribution is -2.30. The number of halogens is 1. The van der Waals surface area contributed by atoms with Gasteiger partial charge in [-0.3, -0.25) is 9.59 Å². The Hall–Kier alpha value is -3.24. The van der Waals surface area contributed by atoms with Crippen LogP contribution in [0.4, 0.5) is 0 Å². The molecular weight excluding hydrogens is 470 g/mol. The minimum absolute atomic E-state index is 0.0683. The molecule has 9 nitrogen and oxygen atoms in total. The maximum atomic E-state index is 11.9. The molecule has 0 aliphatic heterocycles. The first kappa shape index (κ1) is 24.4. The average Bonchev–Trinajstić information content (AvgIpc) is 3.30. The number of methoxy groups -OCH3 is 2. The number of aromatic nitrogens is 2. The maximum absolute atomic E-state index is 11.9. The highest BCUT2D eigenvalue weighted by Crippen LogP contribution is 2.27. The largest absolute Gasteiger partial charge is 0.493 e. The van der Waals surface area contributed by atoms with Gasteiger partial charge in [-0.15, -0.1) is 10.2 Å². The Kier molecular flexibility index (Phi) is 8.96. The molecule has 1 N–H and O–H groups in total. The molecule has 0 aliphatic carbocycles. The molecule has 2 aromatic carbocycles. The molecule has 174 valence electrons. The van der Waals surface area contributed by atoms with E-state index in [4.69, 9.17) is 30.2 Å². The normalized spacial score (nSPS) is 10.5. The van der Waals surface area contributed by atoms with E-state index in [0.29, 0.717) is 40.9 Å². The van der Waals surface area contributed by atoms with E-state index in [1.165, 1.54) is 0 Å². The first-order valence-corrected chi connectivity index (χ1v) is 11.2. The molecule has 0 aliphatic rings. The number of benzene rings is 2. The molecule has 0 spiro atoms. The second kappa shape index (κ2) is 12.1. The predicted molar refractivity (Wildman–Crippen MR) is 123 cm³/mol. The van der Waals surface area contributed by atoms with Crippen molar-refractivity contribution >= 4 is 35.2 Å². The van der Waals surface area contributed by atoms with Crippen LogP contribution in [0, 0.1) is 0 Å². The second-order valence-electron chi connectivity index (χ2n) is 6.62. The van der Waals surface area contributed by atoms with Gasteiger partial charge in [0.05, 0.1) is 14.2 Å². The molecule has 0 radical (unpaired) electrons. The number of esters is 1. The molecule has 0 unspecified atom stereocenters. The van der Waals surface area contributed by atoms with Gasteiger partial charge >= 0.3 is 5.97 Å².